The molecule has 1 saturated heterocycles. The van der Waals surface area contributed by atoms with E-state index < -0.39 is 27.7 Å². The van der Waals surface area contributed by atoms with Gasteiger partial charge in [-0.05, 0) is 25.0 Å². The number of rotatable bonds is 5. The summed E-state index contributed by atoms with van der Waals surface area (Å²) in [4.78, 5) is 16.0. The SMILES string of the molecule is O=C(Cn1cnc(S(=O)(=O)N2CCCCC2)c1)Nc1ccccc1C(F)(F)F. The van der Waals surface area contributed by atoms with Crippen LogP contribution in [0.3, 0.4) is 0 Å². The van der Waals surface area contributed by atoms with Crippen molar-refractivity contribution in [2.24, 2.45) is 0 Å². The Morgan fingerprint density at radius 2 is 1.82 bits per heavy atom. The van der Waals surface area contributed by atoms with E-state index in [1.807, 2.05) is 0 Å². The second kappa shape index (κ2) is 7.92. The van der Waals surface area contributed by atoms with Gasteiger partial charge in [-0.25, -0.2) is 13.4 Å². The first-order chi connectivity index (χ1) is 13.2. The number of aromatic nitrogens is 2. The van der Waals surface area contributed by atoms with Crippen LogP contribution in [0.1, 0.15) is 24.8 Å². The van der Waals surface area contributed by atoms with E-state index in [0.29, 0.717) is 13.1 Å². The van der Waals surface area contributed by atoms with Gasteiger partial charge in [-0.15, -0.1) is 0 Å². The summed E-state index contributed by atoms with van der Waals surface area (Å²) in [5.74, 6) is -0.726. The van der Waals surface area contributed by atoms with Gasteiger partial charge in [-0.1, -0.05) is 18.6 Å². The lowest BCUT2D eigenvalue weighted by molar-refractivity contribution is -0.137. The van der Waals surface area contributed by atoms with Crippen LogP contribution in [-0.4, -0.2) is 41.3 Å². The molecule has 2 aromatic rings. The molecule has 1 aromatic carbocycles. The Labute approximate surface area is 160 Å². The molecule has 1 aromatic heterocycles. The normalized spacial score (nSPS) is 16.1. The van der Waals surface area contributed by atoms with Crippen LogP contribution in [0.15, 0.2) is 41.8 Å². The molecule has 152 valence electrons. The molecule has 0 unspecified atom stereocenters. The van der Waals surface area contributed by atoms with Crippen molar-refractivity contribution in [1.82, 2.24) is 13.9 Å². The lowest BCUT2D eigenvalue weighted by Crippen LogP contribution is -2.35. The highest BCUT2D eigenvalue weighted by atomic mass is 32.2. The average Bonchev–Trinajstić information content (AvgIpc) is 3.11. The van der Waals surface area contributed by atoms with E-state index in [-0.39, 0.29) is 17.3 Å². The highest BCUT2D eigenvalue weighted by Gasteiger charge is 2.33. The minimum atomic E-state index is -4.60. The molecule has 1 aliphatic rings. The van der Waals surface area contributed by atoms with E-state index >= 15 is 0 Å². The maximum absolute atomic E-state index is 13.0. The van der Waals surface area contributed by atoms with Gasteiger partial charge in [-0.2, -0.15) is 17.5 Å². The third-order valence-corrected chi connectivity index (χ3v) is 6.15. The highest BCUT2D eigenvalue weighted by Crippen LogP contribution is 2.34. The van der Waals surface area contributed by atoms with Crippen molar-refractivity contribution in [3.05, 3.63) is 42.4 Å². The van der Waals surface area contributed by atoms with Crippen molar-refractivity contribution in [1.29, 1.82) is 0 Å². The molecular weight excluding hydrogens is 397 g/mol. The molecule has 0 saturated carbocycles. The van der Waals surface area contributed by atoms with Crippen molar-refractivity contribution in [2.45, 2.75) is 37.0 Å². The number of hydrogen-bond donors (Lipinski definition) is 1. The van der Waals surface area contributed by atoms with Crippen LogP contribution in [0.25, 0.3) is 0 Å². The Hall–Kier alpha value is -2.40. The summed E-state index contributed by atoms with van der Waals surface area (Å²) in [6.45, 7) is 0.475. The van der Waals surface area contributed by atoms with Gasteiger partial charge in [0.25, 0.3) is 10.0 Å². The minimum Gasteiger partial charge on any atom is -0.327 e. The minimum absolute atomic E-state index is 0.183. The number of nitrogens with zero attached hydrogens (tertiary/aromatic N) is 3. The average molecular weight is 416 g/mol. The zero-order valence-corrected chi connectivity index (χ0v) is 15.6. The maximum Gasteiger partial charge on any atom is 0.418 e. The number of carbonyl (C=O) groups excluding carboxylic acids is 1. The molecule has 1 N–H and O–H groups in total. The van der Waals surface area contributed by atoms with Crippen molar-refractivity contribution in [2.75, 3.05) is 18.4 Å². The molecule has 11 heteroatoms. The fraction of sp³-hybridized carbons (Fsp3) is 0.412. The fourth-order valence-electron chi connectivity index (χ4n) is 2.99. The fourth-order valence-corrected chi connectivity index (χ4v) is 4.44. The topological polar surface area (TPSA) is 84.3 Å². The van der Waals surface area contributed by atoms with Crippen LogP contribution in [0, 0.1) is 0 Å². The molecule has 1 amide bonds. The number of benzene rings is 1. The molecule has 3 rings (SSSR count). The summed E-state index contributed by atoms with van der Waals surface area (Å²) in [6, 6.07) is 4.63. The van der Waals surface area contributed by atoms with E-state index in [9.17, 15) is 26.4 Å². The Kier molecular flexibility index (Phi) is 5.75. The summed E-state index contributed by atoms with van der Waals surface area (Å²) < 4.78 is 66.7. The molecular formula is C17H19F3N4O3S. The second-order valence-electron chi connectivity index (χ2n) is 6.44. The lowest BCUT2D eigenvalue weighted by Gasteiger charge is -2.24. The molecule has 0 spiro atoms. The van der Waals surface area contributed by atoms with Crippen molar-refractivity contribution < 1.29 is 26.4 Å². The first-order valence-corrected chi connectivity index (χ1v) is 10.1. The first-order valence-electron chi connectivity index (χ1n) is 8.66. The summed E-state index contributed by atoms with van der Waals surface area (Å²) in [7, 11) is -3.74. The zero-order chi connectivity index (χ0) is 20.4. The predicted octanol–water partition coefficient (Wildman–Crippen LogP) is 2.72. The molecule has 1 fully saturated rings. The number of imidazole rings is 1. The summed E-state index contributed by atoms with van der Waals surface area (Å²) >= 11 is 0. The van der Waals surface area contributed by atoms with Gasteiger partial charge in [0.2, 0.25) is 5.91 Å². The van der Waals surface area contributed by atoms with Crippen LogP contribution in [0.2, 0.25) is 0 Å². The molecule has 1 aliphatic heterocycles. The first kappa shape index (κ1) is 20.3. The number of anilines is 1. The Balaban J connectivity index is 1.70. The van der Waals surface area contributed by atoms with Gasteiger partial charge in [0.05, 0.1) is 17.6 Å². The van der Waals surface area contributed by atoms with E-state index in [2.05, 4.69) is 10.3 Å². The van der Waals surface area contributed by atoms with Gasteiger partial charge in [-0.3, -0.25) is 4.79 Å². The van der Waals surface area contributed by atoms with Crippen molar-refractivity contribution in [3.63, 3.8) is 0 Å². The lowest BCUT2D eigenvalue weighted by atomic mass is 10.1. The molecule has 28 heavy (non-hydrogen) atoms. The van der Waals surface area contributed by atoms with E-state index in [1.165, 1.54) is 33.5 Å². The van der Waals surface area contributed by atoms with Crippen molar-refractivity contribution >= 4 is 21.6 Å². The smallest absolute Gasteiger partial charge is 0.327 e. The third-order valence-electron chi connectivity index (χ3n) is 4.36. The number of piperidine rings is 1. The third kappa shape index (κ3) is 4.53. The second-order valence-corrected chi connectivity index (χ2v) is 8.33. The van der Waals surface area contributed by atoms with Crippen molar-refractivity contribution in [3.8, 4) is 0 Å². The molecule has 0 bridgehead atoms. The van der Waals surface area contributed by atoms with E-state index in [1.54, 1.807) is 0 Å². The number of nitrogens with one attached hydrogen (secondary N) is 1. The molecule has 0 aliphatic carbocycles. The zero-order valence-electron chi connectivity index (χ0n) is 14.8. The summed E-state index contributed by atoms with van der Waals surface area (Å²) in [5, 5.41) is 2.03. The Morgan fingerprint density at radius 1 is 1.14 bits per heavy atom. The largest absolute Gasteiger partial charge is 0.418 e. The number of sulfonamides is 1. The number of halogens is 3. The van der Waals surface area contributed by atoms with Gasteiger partial charge < -0.3 is 9.88 Å². The monoisotopic (exact) mass is 416 g/mol. The van der Waals surface area contributed by atoms with Gasteiger partial charge >= 0.3 is 6.18 Å². The van der Waals surface area contributed by atoms with Gasteiger partial charge in [0.1, 0.15) is 6.54 Å². The number of hydrogen-bond acceptors (Lipinski definition) is 4. The number of amides is 1. The standard InChI is InChI=1S/C17H19F3N4O3S/c18-17(19,20)13-6-2-3-7-14(13)22-15(25)10-23-11-16(21-12-23)28(26,27)24-8-4-1-5-9-24/h2-3,6-7,11-12H,1,4-5,8-10H2,(H,22,25). The van der Waals surface area contributed by atoms with Gasteiger partial charge in [0, 0.05) is 19.3 Å². The predicted molar refractivity (Wildman–Crippen MR) is 94.9 cm³/mol. The van der Waals surface area contributed by atoms with Crippen LogP contribution in [0.4, 0.5) is 18.9 Å². The Morgan fingerprint density at radius 3 is 2.50 bits per heavy atom. The van der Waals surface area contributed by atoms with E-state index in [0.717, 1.165) is 31.4 Å². The van der Waals surface area contributed by atoms with E-state index in [4.69, 9.17) is 0 Å². The molecule has 7 nitrogen and oxygen atoms in total. The van der Waals surface area contributed by atoms with Crippen LogP contribution >= 0.6 is 0 Å². The molecule has 2 heterocycles. The number of carbonyl (C=O) groups is 1. The molecule has 0 radical (unpaired) electrons. The highest BCUT2D eigenvalue weighted by molar-refractivity contribution is 7.89. The maximum atomic E-state index is 13.0. The Bertz CT molecular complexity index is 951. The van der Waals surface area contributed by atoms with Gasteiger partial charge in [0.15, 0.2) is 5.03 Å². The molecule has 0 atom stereocenters. The quantitative estimate of drug-likeness (QED) is 0.812. The summed E-state index contributed by atoms with van der Waals surface area (Å²) in [5.41, 5.74) is -1.32. The van der Waals surface area contributed by atoms with Crippen LogP contribution in [-0.2, 0) is 27.5 Å². The summed E-state index contributed by atoms with van der Waals surface area (Å²) in [6.07, 6.45) is 0.307. The number of alkyl halides is 3. The number of para-hydroxylation sites is 1. The van der Waals surface area contributed by atoms with Crippen LogP contribution in [0.5, 0.6) is 0 Å². The van der Waals surface area contributed by atoms with Crippen LogP contribution < -0.4 is 5.32 Å².